The molecule has 0 aliphatic rings. The molecule has 0 saturated carbocycles. The molecule has 0 spiro atoms. The molecule has 4 nitrogen and oxygen atoms in total. The number of hydrogen-bond donors (Lipinski definition) is 0. The van der Waals surface area contributed by atoms with Gasteiger partial charge in [-0.15, -0.1) is 0 Å². The number of nitrogens with zero attached hydrogens (tertiary/aromatic N) is 2. The molecule has 23 heavy (non-hydrogen) atoms. The van der Waals surface area contributed by atoms with Gasteiger partial charge in [-0.25, -0.2) is 4.98 Å². The van der Waals surface area contributed by atoms with Gasteiger partial charge in [0.1, 0.15) is 5.76 Å². The predicted octanol–water partition coefficient (Wildman–Crippen LogP) is 4.47. The summed E-state index contributed by atoms with van der Waals surface area (Å²) < 4.78 is 7.90. The molecule has 1 aromatic carbocycles. The second-order valence-electron chi connectivity index (χ2n) is 5.27. The Morgan fingerprint density at radius 2 is 2.26 bits per heavy atom. The van der Waals surface area contributed by atoms with Gasteiger partial charge < -0.3 is 4.42 Å². The molecule has 0 aliphatic heterocycles. The van der Waals surface area contributed by atoms with Crippen molar-refractivity contribution in [2.75, 3.05) is 5.75 Å². The first-order valence-electron chi connectivity index (χ1n) is 7.04. The molecule has 6 heteroatoms. The number of benzene rings is 1. The summed E-state index contributed by atoms with van der Waals surface area (Å²) >= 11 is 4.92. The van der Waals surface area contributed by atoms with E-state index in [0.29, 0.717) is 28.4 Å². The fraction of sp³-hybridized carbons (Fsp3) is 0.176. The normalized spacial score (nSPS) is 11.0. The summed E-state index contributed by atoms with van der Waals surface area (Å²) in [5.41, 5.74) is 1.65. The van der Waals surface area contributed by atoms with Gasteiger partial charge in [0.15, 0.2) is 5.16 Å². The summed E-state index contributed by atoms with van der Waals surface area (Å²) in [6.07, 6.45) is 1.60. The van der Waals surface area contributed by atoms with Gasteiger partial charge in [0, 0.05) is 10.2 Å². The topological polar surface area (TPSA) is 48.0 Å². The van der Waals surface area contributed by atoms with E-state index in [1.54, 1.807) is 16.9 Å². The smallest absolute Gasteiger partial charge is 0.262 e. The van der Waals surface area contributed by atoms with Crippen molar-refractivity contribution < 1.29 is 4.42 Å². The fourth-order valence-electron chi connectivity index (χ4n) is 2.17. The molecule has 2 heterocycles. The maximum absolute atomic E-state index is 12.9. The molecular formula is C17H15BrN2O2S. The van der Waals surface area contributed by atoms with Crippen LogP contribution in [0.15, 0.2) is 67.6 Å². The van der Waals surface area contributed by atoms with Crippen LogP contribution in [0.3, 0.4) is 0 Å². The number of hydrogen-bond acceptors (Lipinski definition) is 4. The highest BCUT2D eigenvalue weighted by molar-refractivity contribution is 9.10. The van der Waals surface area contributed by atoms with Crippen LogP contribution in [0, 0.1) is 0 Å². The number of rotatable bonds is 5. The van der Waals surface area contributed by atoms with Crippen molar-refractivity contribution in [3.8, 4) is 0 Å². The highest BCUT2D eigenvalue weighted by Crippen LogP contribution is 2.22. The van der Waals surface area contributed by atoms with Crippen LogP contribution in [-0.2, 0) is 6.54 Å². The molecular weight excluding hydrogens is 376 g/mol. The average Bonchev–Trinajstić information content (AvgIpc) is 3.02. The largest absolute Gasteiger partial charge is 0.467 e. The number of furan rings is 1. The number of thioether (sulfide) groups is 1. The van der Waals surface area contributed by atoms with Gasteiger partial charge in [-0.2, -0.15) is 0 Å². The zero-order valence-electron chi connectivity index (χ0n) is 12.6. The van der Waals surface area contributed by atoms with Gasteiger partial charge >= 0.3 is 0 Å². The molecule has 0 N–H and O–H groups in total. The van der Waals surface area contributed by atoms with E-state index < -0.39 is 0 Å². The highest BCUT2D eigenvalue weighted by Gasteiger charge is 2.13. The molecule has 3 aromatic rings. The van der Waals surface area contributed by atoms with E-state index in [2.05, 4.69) is 27.5 Å². The number of fused-ring (bicyclic) bond motifs is 1. The third-order valence-corrected chi connectivity index (χ3v) is 4.92. The molecule has 118 valence electrons. The van der Waals surface area contributed by atoms with Crippen LogP contribution >= 0.6 is 27.7 Å². The predicted molar refractivity (Wildman–Crippen MR) is 97.1 cm³/mol. The van der Waals surface area contributed by atoms with Crippen molar-refractivity contribution in [1.29, 1.82) is 0 Å². The lowest BCUT2D eigenvalue weighted by atomic mass is 10.2. The first kappa shape index (κ1) is 16.1. The van der Waals surface area contributed by atoms with Gasteiger partial charge in [-0.05, 0) is 37.3 Å². The molecule has 2 aromatic heterocycles. The molecule has 3 rings (SSSR count). The maximum atomic E-state index is 12.9. The van der Waals surface area contributed by atoms with E-state index >= 15 is 0 Å². The van der Waals surface area contributed by atoms with Crippen molar-refractivity contribution in [1.82, 2.24) is 9.55 Å². The van der Waals surface area contributed by atoms with Crippen LogP contribution in [0.4, 0.5) is 0 Å². The summed E-state index contributed by atoms with van der Waals surface area (Å²) in [5, 5.41) is 1.26. The minimum absolute atomic E-state index is 0.0723. The summed E-state index contributed by atoms with van der Waals surface area (Å²) in [5.74, 6) is 1.44. The summed E-state index contributed by atoms with van der Waals surface area (Å²) in [6.45, 7) is 6.23. The van der Waals surface area contributed by atoms with Crippen molar-refractivity contribution in [2.24, 2.45) is 0 Å². The molecule has 0 unspecified atom stereocenters. The van der Waals surface area contributed by atoms with Crippen molar-refractivity contribution in [2.45, 2.75) is 18.6 Å². The Hall–Kier alpha value is -1.79. The van der Waals surface area contributed by atoms with E-state index in [4.69, 9.17) is 4.42 Å². The van der Waals surface area contributed by atoms with Crippen LogP contribution in [0.5, 0.6) is 0 Å². The molecule has 0 saturated heterocycles. The first-order valence-corrected chi connectivity index (χ1v) is 8.82. The van der Waals surface area contributed by atoms with Gasteiger partial charge in [0.25, 0.3) is 5.56 Å². The van der Waals surface area contributed by atoms with Crippen LogP contribution in [-0.4, -0.2) is 15.3 Å². The van der Waals surface area contributed by atoms with E-state index in [1.807, 2.05) is 31.2 Å². The Morgan fingerprint density at radius 1 is 1.43 bits per heavy atom. The fourth-order valence-corrected chi connectivity index (χ4v) is 3.37. The molecule has 0 amide bonds. The summed E-state index contributed by atoms with van der Waals surface area (Å²) in [4.78, 5) is 17.5. The third-order valence-electron chi connectivity index (χ3n) is 3.22. The first-order chi connectivity index (χ1) is 11.0. The van der Waals surface area contributed by atoms with Crippen molar-refractivity contribution in [3.05, 3.63) is 69.3 Å². The lowest BCUT2D eigenvalue weighted by Crippen LogP contribution is -2.24. The minimum atomic E-state index is -0.0723. The average molecular weight is 391 g/mol. The minimum Gasteiger partial charge on any atom is -0.467 e. The SMILES string of the molecule is C=C(C)CSc1nc2ccc(Br)cc2c(=O)n1Cc1ccco1. The summed E-state index contributed by atoms with van der Waals surface area (Å²) in [7, 11) is 0. The zero-order valence-corrected chi connectivity index (χ0v) is 15.0. The van der Waals surface area contributed by atoms with Crippen molar-refractivity contribution >= 4 is 38.6 Å². The lowest BCUT2D eigenvalue weighted by molar-refractivity contribution is 0.476. The van der Waals surface area contributed by atoms with Gasteiger partial charge in [0.05, 0.1) is 23.7 Å². The second-order valence-corrected chi connectivity index (χ2v) is 7.13. The van der Waals surface area contributed by atoms with Gasteiger partial charge in [0.2, 0.25) is 0 Å². The van der Waals surface area contributed by atoms with E-state index in [1.165, 1.54) is 11.8 Å². The van der Waals surface area contributed by atoms with Crippen LogP contribution < -0.4 is 5.56 Å². The second kappa shape index (κ2) is 6.76. The van der Waals surface area contributed by atoms with E-state index in [0.717, 1.165) is 15.8 Å². The Balaban J connectivity index is 2.15. The standard InChI is InChI=1S/C17H15BrN2O2S/c1-11(2)10-23-17-19-15-6-5-12(18)8-14(15)16(21)20(17)9-13-4-3-7-22-13/h3-8H,1,9-10H2,2H3. The number of aromatic nitrogens is 2. The summed E-state index contributed by atoms with van der Waals surface area (Å²) in [6, 6.07) is 9.20. The van der Waals surface area contributed by atoms with E-state index in [-0.39, 0.29) is 5.56 Å². The molecule has 0 fully saturated rings. The Bertz CT molecular complexity index is 916. The number of halogens is 1. The third kappa shape index (κ3) is 3.59. The molecule has 0 aliphatic carbocycles. The van der Waals surface area contributed by atoms with Crippen LogP contribution in [0.25, 0.3) is 10.9 Å². The maximum Gasteiger partial charge on any atom is 0.262 e. The van der Waals surface area contributed by atoms with Crippen LogP contribution in [0.2, 0.25) is 0 Å². The zero-order chi connectivity index (χ0) is 16.4. The quantitative estimate of drug-likeness (QED) is 0.366. The molecule has 0 bridgehead atoms. The molecule has 0 radical (unpaired) electrons. The van der Waals surface area contributed by atoms with Crippen molar-refractivity contribution in [3.63, 3.8) is 0 Å². The van der Waals surface area contributed by atoms with Crippen LogP contribution in [0.1, 0.15) is 12.7 Å². The Labute approximate surface area is 146 Å². The van der Waals surface area contributed by atoms with Gasteiger partial charge in [-0.1, -0.05) is 39.8 Å². The van der Waals surface area contributed by atoms with Gasteiger partial charge in [-0.3, -0.25) is 9.36 Å². The lowest BCUT2D eigenvalue weighted by Gasteiger charge is -2.12. The monoisotopic (exact) mass is 390 g/mol. The molecule has 0 atom stereocenters. The Morgan fingerprint density at radius 3 is 2.96 bits per heavy atom. The van der Waals surface area contributed by atoms with E-state index in [9.17, 15) is 4.79 Å². The Kier molecular flexibility index (Phi) is 4.73. The highest BCUT2D eigenvalue weighted by atomic mass is 79.9.